The average molecular weight is 290 g/mol. The number of phenols is 1. The number of likely N-dealkylation sites (N-methyl/N-ethyl adjacent to an activating group) is 1. The number of rotatable bonds is 5. The summed E-state index contributed by atoms with van der Waals surface area (Å²) >= 11 is 3.41. The fraction of sp³-hybridized carbons (Fsp3) is 0.455. The molecule has 0 aliphatic heterocycles. The van der Waals surface area contributed by atoms with E-state index in [1.807, 2.05) is 7.05 Å². The van der Waals surface area contributed by atoms with E-state index in [1.165, 1.54) is 14.2 Å². The van der Waals surface area contributed by atoms with Gasteiger partial charge in [-0.1, -0.05) is 15.9 Å². The molecule has 0 bridgehead atoms. The fourth-order valence-electron chi connectivity index (χ4n) is 1.47. The lowest BCUT2D eigenvalue weighted by molar-refractivity contribution is 0.331. The van der Waals surface area contributed by atoms with Gasteiger partial charge in [0.1, 0.15) is 0 Å². The minimum atomic E-state index is 0.129. The monoisotopic (exact) mass is 289 g/mol. The summed E-state index contributed by atoms with van der Waals surface area (Å²) in [5.41, 5.74) is 0.812. The van der Waals surface area contributed by atoms with Gasteiger partial charge in [-0.05, 0) is 26.1 Å². The van der Waals surface area contributed by atoms with E-state index < -0.39 is 0 Å². The standard InChI is InChI=1S/C11H16BrNO3/c1-13-5-4-7-8(12)6-9(15-2)11(16-3)10(7)14/h6,13-14H,4-5H2,1-3H3. The number of phenolic OH excluding ortho intramolecular Hbond substituents is 1. The maximum Gasteiger partial charge on any atom is 0.203 e. The molecule has 2 N–H and O–H groups in total. The second-order valence-electron chi connectivity index (χ2n) is 3.27. The zero-order chi connectivity index (χ0) is 12.1. The van der Waals surface area contributed by atoms with Gasteiger partial charge in [0.2, 0.25) is 5.75 Å². The lowest BCUT2D eigenvalue weighted by Gasteiger charge is -2.14. The van der Waals surface area contributed by atoms with E-state index in [4.69, 9.17) is 9.47 Å². The molecule has 0 heterocycles. The van der Waals surface area contributed by atoms with Crippen LogP contribution in [0.5, 0.6) is 17.2 Å². The number of nitrogens with one attached hydrogen (secondary N) is 1. The zero-order valence-electron chi connectivity index (χ0n) is 9.63. The van der Waals surface area contributed by atoms with Crippen LogP contribution in [0.15, 0.2) is 10.5 Å². The van der Waals surface area contributed by atoms with Crippen molar-refractivity contribution in [1.29, 1.82) is 0 Å². The van der Waals surface area contributed by atoms with Crippen molar-refractivity contribution >= 4 is 15.9 Å². The third kappa shape index (κ3) is 2.59. The molecular weight excluding hydrogens is 274 g/mol. The number of hydrogen-bond acceptors (Lipinski definition) is 4. The molecule has 0 aliphatic rings. The smallest absolute Gasteiger partial charge is 0.203 e. The summed E-state index contributed by atoms with van der Waals surface area (Å²) in [6.07, 6.45) is 0.712. The highest BCUT2D eigenvalue weighted by Crippen LogP contribution is 2.43. The largest absolute Gasteiger partial charge is 0.504 e. The summed E-state index contributed by atoms with van der Waals surface area (Å²) < 4.78 is 11.1. The second kappa shape index (κ2) is 5.96. The summed E-state index contributed by atoms with van der Waals surface area (Å²) in [5, 5.41) is 13.1. The maximum atomic E-state index is 10.0. The number of aromatic hydroxyl groups is 1. The van der Waals surface area contributed by atoms with Crippen LogP contribution in [0.1, 0.15) is 5.56 Å². The van der Waals surface area contributed by atoms with E-state index in [2.05, 4.69) is 21.2 Å². The van der Waals surface area contributed by atoms with Gasteiger partial charge in [-0.2, -0.15) is 0 Å². The van der Waals surface area contributed by atoms with Crippen molar-refractivity contribution < 1.29 is 14.6 Å². The van der Waals surface area contributed by atoms with Crippen LogP contribution in [0.2, 0.25) is 0 Å². The van der Waals surface area contributed by atoms with Crippen LogP contribution in [-0.2, 0) is 6.42 Å². The lowest BCUT2D eigenvalue weighted by Crippen LogP contribution is -2.11. The van der Waals surface area contributed by atoms with Gasteiger partial charge in [0.15, 0.2) is 11.5 Å². The Morgan fingerprint density at radius 3 is 2.56 bits per heavy atom. The highest BCUT2D eigenvalue weighted by Gasteiger charge is 2.17. The first-order valence-electron chi connectivity index (χ1n) is 4.92. The summed E-state index contributed by atoms with van der Waals surface area (Å²) in [4.78, 5) is 0. The Morgan fingerprint density at radius 1 is 1.38 bits per heavy atom. The van der Waals surface area contributed by atoms with E-state index in [0.717, 1.165) is 16.6 Å². The van der Waals surface area contributed by atoms with Gasteiger partial charge < -0.3 is 19.9 Å². The third-order valence-corrected chi connectivity index (χ3v) is 3.03. The molecule has 0 saturated carbocycles. The van der Waals surface area contributed by atoms with E-state index in [-0.39, 0.29) is 5.75 Å². The predicted octanol–water partition coefficient (Wildman–Crippen LogP) is 1.93. The van der Waals surface area contributed by atoms with Crippen molar-refractivity contribution in [3.05, 3.63) is 16.1 Å². The second-order valence-corrected chi connectivity index (χ2v) is 4.13. The Morgan fingerprint density at radius 2 is 2.06 bits per heavy atom. The van der Waals surface area contributed by atoms with E-state index in [9.17, 15) is 5.11 Å². The first kappa shape index (κ1) is 13.1. The quantitative estimate of drug-likeness (QED) is 0.870. The van der Waals surface area contributed by atoms with Crippen molar-refractivity contribution in [2.75, 3.05) is 27.8 Å². The minimum absolute atomic E-state index is 0.129. The molecule has 1 aromatic rings. The van der Waals surface area contributed by atoms with Crippen LogP contribution >= 0.6 is 15.9 Å². The first-order chi connectivity index (χ1) is 7.65. The highest BCUT2D eigenvalue weighted by molar-refractivity contribution is 9.10. The highest BCUT2D eigenvalue weighted by atomic mass is 79.9. The van der Waals surface area contributed by atoms with Gasteiger partial charge in [-0.25, -0.2) is 0 Å². The number of halogens is 1. The minimum Gasteiger partial charge on any atom is -0.504 e. The van der Waals surface area contributed by atoms with Gasteiger partial charge >= 0.3 is 0 Å². The Labute approximate surface area is 104 Å². The van der Waals surface area contributed by atoms with Crippen molar-refractivity contribution in [3.8, 4) is 17.2 Å². The summed E-state index contributed by atoms with van der Waals surface area (Å²) in [6, 6.07) is 1.80. The predicted molar refractivity (Wildman–Crippen MR) is 66.5 cm³/mol. The Balaban J connectivity index is 3.18. The van der Waals surface area contributed by atoms with E-state index in [0.29, 0.717) is 17.9 Å². The molecule has 1 aromatic carbocycles. The van der Waals surface area contributed by atoms with Crippen LogP contribution in [0.3, 0.4) is 0 Å². The Kier molecular flexibility index (Phi) is 4.89. The normalized spacial score (nSPS) is 10.2. The van der Waals surface area contributed by atoms with Crippen molar-refractivity contribution in [2.24, 2.45) is 0 Å². The Bertz CT molecular complexity index is 369. The molecule has 4 nitrogen and oxygen atoms in total. The van der Waals surface area contributed by atoms with Gasteiger partial charge in [-0.15, -0.1) is 0 Å². The molecule has 5 heteroatoms. The van der Waals surface area contributed by atoms with Crippen LogP contribution in [0.25, 0.3) is 0 Å². The molecule has 0 amide bonds. The Hall–Kier alpha value is -0.940. The zero-order valence-corrected chi connectivity index (χ0v) is 11.2. The molecule has 90 valence electrons. The van der Waals surface area contributed by atoms with Crippen LogP contribution in [0.4, 0.5) is 0 Å². The average Bonchev–Trinajstić information content (AvgIpc) is 2.28. The number of benzene rings is 1. The lowest BCUT2D eigenvalue weighted by atomic mass is 10.1. The van der Waals surface area contributed by atoms with Gasteiger partial charge in [0.05, 0.1) is 14.2 Å². The molecule has 0 aliphatic carbocycles. The molecule has 16 heavy (non-hydrogen) atoms. The summed E-state index contributed by atoms with van der Waals surface area (Å²) in [6.45, 7) is 0.779. The van der Waals surface area contributed by atoms with Crippen molar-refractivity contribution in [3.63, 3.8) is 0 Å². The number of hydrogen-bond donors (Lipinski definition) is 2. The van der Waals surface area contributed by atoms with Crippen molar-refractivity contribution in [1.82, 2.24) is 5.32 Å². The number of methoxy groups -OCH3 is 2. The molecule has 0 aromatic heterocycles. The van der Waals surface area contributed by atoms with Crippen LogP contribution < -0.4 is 14.8 Å². The molecule has 0 saturated heterocycles. The SMILES string of the molecule is CNCCc1c(Br)cc(OC)c(OC)c1O. The molecule has 0 atom stereocenters. The van der Waals surface area contributed by atoms with Crippen LogP contribution in [0, 0.1) is 0 Å². The first-order valence-corrected chi connectivity index (χ1v) is 5.71. The number of ether oxygens (including phenoxy) is 2. The topological polar surface area (TPSA) is 50.7 Å². The molecule has 0 fully saturated rings. The van der Waals surface area contributed by atoms with E-state index in [1.54, 1.807) is 6.07 Å². The van der Waals surface area contributed by atoms with E-state index >= 15 is 0 Å². The molecule has 0 unspecified atom stereocenters. The maximum absolute atomic E-state index is 10.0. The van der Waals surface area contributed by atoms with Crippen molar-refractivity contribution in [2.45, 2.75) is 6.42 Å². The van der Waals surface area contributed by atoms with Gasteiger partial charge in [-0.3, -0.25) is 0 Å². The summed E-state index contributed by atoms with van der Waals surface area (Å²) in [5.74, 6) is 1.01. The summed E-state index contributed by atoms with van der Waals surface area (Å²) in [7, 11) is 4.91. The molecular formula is C11H16BrNO3. The molecule has 0 spiro atoms. The third-order valence-electron chi connectivity index (χ3n) is 2.32. The van der Waals surface area contributed by atoms with Crippen LogP contribution in [-0.4, -0.2) is 32.9 Å². The van der Waals surface area contributed by atoms with Gasteiger partial charge in [0.25, 0.3) is 0 Å². The van der Waals surface area contributed by atoms with Gasteiger partial charge in [0, 0.05) is 10.0 Å². The fourth-order valence-corrected chi connectivity index (χ4v) is 2.07. The molecule has 1 rings (SSSR count). The molecule has 0 radical (unpaired) electrons.